The Morgan fingerprint density at radius 2 is 1.50 bits per heavy atom. The van der Waals surface area contributed by atoms with Crippen LogP contribution < -0.4 is 0 Å². The zero-order valence-corrected chi connectivity index (χ0v) is 10.5. The van der Waals surface area contributed by atoms with E-state index in [9.17, 15) is 35.9 Å². The minimum absolute atomic E-state index is 0.219. The molecule has 0 spiro atoms. The van der Waals surface area contributed by atoms with Crippen molar-refractivity contribution in [1.82, 2.24) is 0 Å². The van der Waals surface area contributed by atoms with Crippen LogP contribution in [0.4, 0.5) is 26.3 Å². The highest BCUT2D eigenvalue weighted by atomic mass is 19.4. The van der Waals surface area contributed by atoms with Crippen LogP contribution in [0.15, 0.2) is 0 Å². The third-order valence-corrected chi connectivity index (χ3v) is 2.46. The molecule has 2 N–H and O–H groups in total. The lowest BCUT2D eigenvalue weighted by Gasteiger charge is -2.28. The zero-order valence-electron chi connectivity index (χ0n) is 10.5. The fourth-order valence-electron chi connectivity index (χ4n) is 0.867. The van der Waals surface area contributed by atoms with Gasteiger partial charge in [-0.1, -0.05) is 13.8 Å². The van der Waals surface area contributed by atoms with Gasteiger partial charge in [0.2, 0.25) is 0 Å². The molecule has 20 heavy (non-hydrogen) atoms. The summed E-state index contributed by atoms with van der Waals surface area (Å²) in [6.07, 6.45) is -12.0. The molecular weight excluding hydrogens is 298 g/mol. The van der Waals surface area contributed by atoms with Crippen molar-refractivity contribution in [2.45, 2.75) is 45.5 Å². The van der Waals surface area contributed by atoms with Crippen LogP contribution in [0.25, 0.3) is 0 Å². The van der Waals surface area contributed by atoms with Crippen molar-refractivity contribution in [2.75, 3.05) is 0 Å². The van der Waals surface area contributed by atoms with Crippen LogP contribution in [0.3, 0.4) is 0 Å². The van der Waals surface area contributed by atoms with E-state index in [1.807, 2.05) is 0 Å². The molecule has 4 nitrogen and oxygen atoms in total. The molecule has 0 amide bonds. The first-order chi connectivity index (χ1) is 8.78. The maximum absolute atomic E-state index is 12.2. The van der Waals surface area contributed by atoms with Crippen LogP contribution in [0.1, 0.15) is 26.7 Å². The van der Waals surface area contributed by atoms with Gasteiger partial charge in [0, 0.05) is 0 Å². The van der Waals surface area contributed by atoms with Crippen molar-refractivity contribution in [3.8, 4) is 0 Å². The second-order valence-corrected chi connectivity index (χ2v) is 4.06. The summed E-state index contributed by atoms with van der Waals surface area (Å²) in [7, 11) is 0. The Bertz CT molecular complexity index is 330. The van der Waals surface area contributed by atoms with E-state index in [1.165, 1.54) is 6.92 Å². The first-order valence-electron chi connectivity index (χ1n) is 5.22. The minimum atomic E-state index is -4.44. The SMILES string of the molecule is CCC(C)(CC(=O)O)C(F)(F)F.O=C(O)C(F)C(F)F. The summed E-state index contributed by atoms with van der Waals surface area (Å²) >= 11 is 0. The second kappa shape index (κ2) is 7.95. The molecule has 0 heterocycles. The first kappa shape index (κ1) is 20.8. The fraction of sp³-hybridized carbons (Fsp3) is 0.800. The van der Waals surface area contributed by atoms with Gasteiger partial charge in [-0.15, -0.1) is 0 Å². The molecule has 0 aliphatic carbocycles. The van der Waals surface area contributed by atoms with Crippen LogP contribution in [-0.4, -0.2) is 40.9 Å². The highest BCUT2D eigenvalue weighted by Crippen LogP contribution is 2.43. The van der Waals surface area contributed by atoms with Gasteiger partial charge in [-0.05, 0) is 6.42 Å². The predicted octanol–water partition coefficient (Wildman–Crippen LogP) is 3.11. The maximum atomic E-state index is 12.2. The number of aliphatic carboxylic acids is 2. The van der Waals surface area contributed by atoms with Gasteiger partial charge in [-0.3, -0.25) is 4.79 Å². The van der Waals surface area contributed by atoms with Gasteiger partial charge < -0.3 is 10.2 Å². The number of alkyl halides is 6. The summed E-state index contributed by atoms with van der Waals surface area (Å²) in [5.41, 5.74) is -2.10. The molecule has 0 radical (unpaired) electrons. The molecule has 0 aromatic heterocycles. The van der Waals surface area contributed by atoms with Gasteiger partial charge in [0.05, 0.1) is 11.8 Å². The van der Waals surface area contributed by atoms with Crippen LogP contribution in [0.2, 0.25) is 0 Å². The van der Waals surface area contributed by atoms with E-state index >= 15 is 0 Å². The summed E-state index contributed by atoms with van der Waals surface area (Å²) < 4.78 is 69.8. The third-order valence-electron chi connectivity index (χ3n) is 2.46. The van der Waals surface area contributed by atoms with E-state index in [0.717, 1.165) is 6.92 Å². The van der Waals surface area contributed by atoms with Crippen molar-refractivity contribution < 1.29 is 46.1 Å². The molecule has 0 saturated heterocycles. The van der Waals surface area contributed by atoms with E-state index < -0.39 is 42.5 Å². The van der Waals surface area contributed by atoms with Crippen LogP contribution in [-0.2, 0) is 9.59 Å². The molecule has 0 fully saturated rings. The predicted molar refractivity (Wildman–Crippen MR) is 55.2 cm³/mol. The molecule has 0 aliphatic heterocycles. The molecular formula is C10H14F6O4. The molecule has 0 aromatic carbocycles. The van der Waals surface area contributed by atoms with Gasteiger partial charge in [0.25, 0.3) is 12.6 Å². The number of rotatable bonds is 5. The molecule has 2 atom stereocenters. The Labute approximate surface area is 110 Å². The van der Waals surface area contributed by atoms with E-state index in [-0.39, 0.29) is 6.42 Å². The molecule has 0 aromatic rings. The smallest absolute Gasteiger partial charge is 0.394 e. The normalized spacial score (nSPS) is 15.8. The maximum Gasteiger partial charge on any atom is 0.394 e. The fourth-order valence-corrected chi connectivity index (χ4v) is 0.867. The van der Waals surface area contributed by atoms with E-state index in [2.05, 4.69) is 0 Å². The van der Waals surface area contributed by atoms with E-state index in [1.54, 1.807) is 0 Å². The van der Waals surface area contributed by atoms with Gasteiger partial charge in [-0.25, -0.2) is 18.0 Å². The molecule has 0 bridgehead atoms. The number of hydrogen-bond donors (Lipinski definition) is 2. The summed E-state index contributed by atoms with van der Waals surface area (Å²) in [4.78, 5) is 19.4. The van der Waals surface area contributed by atoms with Gasteiger partial charge in [0.15, 0.2) is 0 Å². The summed E-state index contributed by atoms with van der Waals surface area (Å²) in [6, 6.07) is 0. The molecule has 120 valence electrons. The monoisotopic (exact) mass is 312 g/mol. The highest BCUT2D eigenvalue weighted by molar-refractivity contribution is 5.72. The number of carboxylic acids is 2. The Balaban J connectivity index is 0. The molecule has 0 rings (SSSR count). The van der Waals surface area contributed by atoms with E-state index in [0.29, 0.717) is 0 Å². The third kappa shape index (κ3) is 7.19. The minimum Gasteiger partial charge on any atom is -0.481 e. The highest BCUT2D eigenvalue weighted by Gasteiger charge is 2.50. The molecule has 0 aliphatic rings. The lowest BCUT2D eigenvalue weighted by Crippen LogP contribution is -2.36. The average molecular weight is 312 g/mol. The van der Waals surface area contributed by atoms with Gasteiger partial charge in [0.1, 0.15) is 0 Å². The summed E-state index contributed by atoms with van der Waals surface area (Å²) in [5.74, 6) is -3.54. The zero-order chi connectivity index (χ0) is 16.7. The van der Waals surface area contributed by atoms with Gasteiger partial charge in [-0.2, -0.15) is 13.2 Å². The second-order valence-electron chi connectivity index (χ2n) is 4.06. The number of halogens is 6. The van der Waals surface area contributed by atoms with Crippen LogP contribution in [0, 0.1) is 5.41 Å². The van der Waals surface area contributed by atoms with Crippen LogP contribution >= 0.6 is 0 Å². The van der Waals surface area contributed by atoms with Crippen molar-refractivity contribution >= 4 is 11.9 Å². The lowest BCUT2D eigenvalue weighted by molar-refractivity contribution is -0.223. The Hall–Kier alpha value is -1.48. The standard InChI is InChI=1S/C7H11F3O2.C3H3F3O2/c1-3-6(2,4-5(11)12)7(8,9)10;4-1(2(5)6)3(7)8/h3-4H2,1-2H3,(H,11,12);1-2H,(H,7,8). The Kier molecular flexibility index (Phi) is 8.28. The molecule has 2 unspecified atom stereocenters. The average Bonchev–Trinajstić information content (AvgIpc) is 2.25. The largest absolute Gasteiger partial charge is 0.481 e. The van der Waals surface area contributed by atoms with Gasteiger partial charge >= 0.3 is 18.1 Å². The quantitative estimate of drug-likeness (QED) is 0.765. The van der Waals surface area contributed by atoms with E-state index in [4.69, 9.17) is 10.2 Å². The van der Waals surface area contributed by atoms with Crippen LogP contribution in [0.5, 0.6) is 0 Å². The summed E-state index contributed by atoms with van der Waals surface area (Å²) in [5, 5.41) is 15.7. The topological polar surface area (TPSA) is 74.6 Å². The number of carbonyl (C=O) groups is 2. The van der Waals surface area contributed by atoms with Crippen molar-refractivity contribution in [3.63, 3.8) is 0 Å². The number of carboxylic acid groups (broad SMARTS) is 2. The number of hydrogen-bond acceptors (Lipinski definition) is 2. The molecule has 10 heteroatoms. The van der Waals surface area contributed by atoms with Crippen molar-refractivity contribution in [2.24, 2.45) is 5.41 Å². The van der Waals surface area contributed by atoms with Crippen molar-refractivity contribution in [3.05, 3.63) is 0 Å². The summed E-state index contributed by atoms with van der Waals surface area (Å²) in [6.45, 7) is 2.25. The Morgan fingerprint density at radius 3 is 1.55 bits per heavy atom. The molecule has 0 saturated carbocycles. The first-order valence-corrected chi connectivity index (χ1v) is 5.22. The Morgan fingerprint density at radius 1 is 1.10 bits per heavy atom. The lowest BCUT2D eigenvalue weighted by atomic mass is 9.83. The van der Waals surface area contributed by atoms with Crippen molar-refractivity contribution in [1.29, 1.82) is 0 Å².